The van der Waals surface area contributed by atoms with Crippen LogP contribution in [0.3, 0.4) is 0 Å². The van der Waals surface area contributed by atoms with Gasteiger partial charge >= 0.3 is 0 Å². The van der Waals surface area contributed by atoms with Crippen molar-refractivity contribution in [3.05, 3.63) is 29.0 Å². The van der Waals surface area contributed by atoms with Crippen molar-refractivity contribution < 1.29 is 19.7 Å². The first-order chi connectivity index (χ1) is 13.4. The third kappa shape index (κ3) is 3.26. The number of hydrogen-bond donors (Lipinski definition) is 5. The van der Waals surface area contributed by atoms with E-state index in [9.17, 15) is 15.3 Å². The molecule has 0 spiro atoms. The fourth-order valence-electron chi connectivity index (χ4n) is 3.55. The summed E-state index contributed by atoms with van der Waals surface area (Å²) in [4.78, 5) is 12.6. The normalized spacial score (nSPS) is 24.8. The number of halogens is 1. The van der Waals surface area contributed by atoms with Gasteiger partial charge in [-0.2, -0.15) is 4.98 Å². The van der Waals surface area contributed by atoms with Crippen LogP contribution in [0.15, 0.2) is 22.6 Å². The molecule has 28 heavy (non-hydrogen) atoms. The van der Waals surface area contributed by atoms with E-state index in [0.717, 1.165) is 5.69 Å². The second kappa shape index (κ2) is 7.17. The number of furan rings is 1. The van der Waals surface area contributed by atoms with Crippen molar-refractivity contribution >= 4 is 34.5 Å². The van der Waals surface area contributed by atoms with Gasteiger partial charge < -0.3 is 30.8 Å². The molecule has 1 aliphatic carbocycles. The van der Waals surface area contributed by atoms with Crippen molar-refractivity contribution in [3.63, 3.8) is 0 Å². The van der Waals surface area contributed by atoms with Crippen LogP contribution in [0.4, 0.5) is 11.8 Å². The number of nitrogen functional groups attached to an aromatic ring is 1. The Bertz CT molecular complexity index is 1030. The van der Waals surface area contributed by atoms with Gasteiger partial charge in [0.15, 0.2) is 5.58 Å². The van der Waals surface area contributed by atoms with E-state index >= 15 is 0 Å². The van der Waals surface area contributed by atoms with E-state index in [0.29, 0.717) is 28.8 Å². The summed E-state index contributed by atoms with van der Waals surface area (Å²) in [5.41, 5.74) is 8.21. The van der Waals surface area contributed by atoms with E-state index in [-0.39, 0.29) is 23.5 Å². The minimum atomic E-state index is -1.08. The number of aliphatic hydroxyl groups excluding tert-OH is 3. The monoisotopic (exact) mass is 405 g/mol. The van der Waals surface area contributed by atoms with E-state index in [1.54, 1.807) is 6.07 Å². The third-order valence-electron chi connectivity index (χ3n) is 5.00. The summed E-state index contributed by atoms with van der Waals surface area (Å²) >= 11 is 6.33. The Kier molecular flexibility index (Phi) is 4.84. The van der Waals surface area contributed by atoms with Gasteiger partial charge in [0.05, 0.1) is 17.7 Å². The molecule has 3 aromatic rings. The molecule has 3 aromatic heterocycles. The number of pyridine rings is 1. The highest BCUT2D eigenvalue weighted by atomic mass is 35.5. The Labute approximate surface area is 165 Å². The summed E-state index contributed by atoms with van der Waals surface area (Å²) in [6.45, 7) is 1.65. The standard InChI is InChI=1S/C18H20ClN5O4/c1-7-2-3-11-9(21-7)5-12(28-11)13-16(19)23-18(20)24-17(13)22-10-4-8(6-25)14(26)15(10)27/h2-3,5,8,10,14-15,25-27H,4,6H2,1H3,(H3,20,22,23,24)/t8-,10-,14-,15+/m1/s1. The second-order valence-electron chi connectivity index (χ2n) is 6.95. The maximum absolute atomic E-state index is 10.3. The largest absolute Gasteiger partial charge is 0.454 e. The lowest BCUT2D eigenvalue weighted by Gasteiger charge is -2.20. The van der Waals surface area contributed by atoms with Crippen molar-refractivity contribution in [2.75, 3.05) is 17.7 Å². The molecule has 0 radical (unpaired) electrons. The molecule has 1 fully saturated rings. The van der Waals surface area contributed by atoms with Crippen molar-refractivity contribution in [2.24, 2.45) is 5.92 Å². The lowest BCUT2D eigenvalue weighted by Crippen LogP contribution is -2.35. The first-order valence-corrected chi connectivity index (χ1v) is 9.19. The van der Waals surface area contributed by atoms with Gasteiger partial charge in [-0.15, -0.1) is 0 Å². The molecule has 0 amide bonds. The number of aromatic nitrogens is 3. The van der Waals surface area contributed by atoms with Crippen LogP contribution >= 0.6 is 11.6 Å². The molecule has 1 saturated carbocycles. The van der Waals surface area contributed by atoms with Gasteiger partial charge in [0.2, 0.25) is 5.95 Å². The number of nitrogens with one attached hydrogen (secondary N) is 1. The Morgan fingerprint density at radius 2 is 2.04 bits per heavy atom. The van der Waals surface area contributed by atoms with Gasteiger partial charge in [-0.1, -0.05) is 11.6 Å². The number of anilines is 2. The Balaban J connectivity index is 1.75. The van der Waals surface area contributed by atoms with Crippen molar-refractivity contribution in [3.8, 4) is 11.3 Å². The van der Waals surface area contributed by atoms with Gasteiger partial charge in [0, 0.05) is 24.3 Å². The third-order valence-corrected chi connectivity index (χ3v) is 5.27. The minimum Gasteiger partial charge on any atom is -0.454 e. The lowest BCUT2D eigenvalue weighted by atomic mass is 10.1. The van der Waals surface area contributed by atoms with Crippen LogP contribution in [-0.2, 0) is 0 Å². The number of fused-ring (bicyclic) bond motifs is 1. The topological polar surface area (TPSA) is 151 Å². The number of aliphatic hydroxyl groups is 3. The number of hydrogen-bond acceptors (Lipinski definition) is 9. The summed E-state index contributed by atoms with van der Waals surface area (Å²) in [5.74, 6) is 0.174. The fraction of sp³-hybridized carbons (Fsp3) is 0.389. The molecule has 1 aliphatic rings. The molecule has 0 saturated heterocycles. The fourth-order valence-corrected chi connectivity index (χ4v) is 3.82. The van der Waals surface area contributed by atoms with Gasteiger partial charge in [-0.05, 0) is 25.5 Å². The van der Waals surface area contributed by atoms with E-state index in [2.05, 4.69) is 20.3 Å². The van der Waals surface area contributed by atoms with Gasteiger partial charge in [0.1, 0.15) is 28.4 Å². The van der Waals surface area contributed by atoms with Crippen molar-refractivity contribution in [1.29, 1.82) is 0 Å². The molecule has 9 nitrogen and oxygen atoms in total. The van der Waals surface area contributed by atoms with E-state index < -0.39 is 24.2 Å². The predicted molar refractivity (Wildman–Crippen MR) is 104 cm³/mol. The number of rotatable bonds is 4. The molecule has 10 heteroatoms. The van der Waals surface area contributed by atoms with Crippen LogP contribution in [0.25, 0.3) is 22.4 Å². The minimum absolute atomic E-state index is 0.0481. The van der Waals surface area contributed by atoms with Crippen molar-refractivity contribution in [1.82, 2.24) is 15.0 Å². The first-order valence-electron chi connectivity index (χ1n) is 8.81. The highest BCUT2D eigenvalue weighted by Crippen LogP contribution is 2.38. The maximum Gasteiger partial charge on any atom is 0.223 e. The molecule has 4 rings (SSSR count). The van der Waals surface area contributed by atoms with E-state index in [4.69, 9.17) is 21.8 Å². The van der Waals surface area contributed by atoms with Gasteiger partial charge in [-0.25, -0.2) is 9.97 Å². The molecule has 6 N–H and O–H groups in total. The van der Waals surface area contributed by atoms with Gasteiger partial charge in [-0.3, -0.25) is 0 Å². The zero-order valence-electron chi connectivity index (χ0n) is 15.0. The maximum atomic E-state index is 10.3. The summed E-state index contributed by atoms with van der Waals surface area (Å²) < 4.78 is 5.87. The van der Waals surface area contributed by atoms with Gasteiger partial charge in [0.25, 0.3) is 0 Å². The molecule has 4 atom stereocenters. The summed E-state index contributed by atoms with van der Waals surface area (Å²) in [6, 6.07) is 4.82. The summed E-state index contributed by atoms with van der Waals surface area (Å²) in [5, 5.41) is 32.9. The van der Waals surface area contributed by atoms with Crippen LogP contribution in [0, 0.1) is 12.8 Å². The van der Waals surface area contributed by atoms with Crippen LogP contribution in [0.5, 0.6) is 0 Å². The Morgan fingerprint density at radius 1 is 1.25 bits per heavy atom. The molecule has 0 bridgehead atoms. The number of nitrogens with two attached hydrogens (primary N) is 1. The van der Waals surface area contributed by atoms with Crippen LogP contribution in [0.2, 0.25) is 5.15 Å². The van der Waals surface area contributed by atoms with Crippen molar-refractivity contribution in [2.45, 2.75) is 31.6 Å². The van der Waals surface area contributed by atoms with E-state index in [1.807, 2.05) is 19.1 Å². The molecular formula is C18H20ClN5O4. The average molecular weight is 406 g/mol. The molecule has 0 aromatic carbocycles. The second-order valence-corrected chi connectivity index (χ2v) is 7.31. The number of nitrogens with zero attached hydrogens (tertiary/aromatic N) is 3. The molecule has 0 aliphatic heterocycles. The highest BCUT2D eigenvalue weighted by molar-refractivity contribution is 6.32. The zero-order valence-corrected chi connectivity index (χ0v) is 15.8. The lowest BCUT2D eigenvalue weighted by molar-refractivity contribution is 0.00446. The molecule has 3 heterocycles. The summed E-state index contributed by atoms with van der Waals surface area (Å²) in [6.07, 6.45) is -1.78. The number of aryl methyl sites for hydroxylation is 1. The highest BCUT2D eigenvalue weighted by Gasteiger charge is 2.41. The molecule has 0 unspecified atom stereocenters. The van der Waals surface area contributed by atoms with E-state index in [1.165, 1.54) is 0 Å². The zero-order chi connectivity index (χ0) is 20.0. The predicted octanol–water partition coefficient (Wildman–Crippen LogP) is 1.34. The summed E-state index contributed by atoms with van der Waals surface area (Å²) in [7, 11) is 0. The Morgan fingerprint density at radius 3 is 2.75 bits per heavy atom. The van der Waals surface area contributed by atoms with Crippen LogP contribution < -0.4 is 11.1 Å². The molecular weight excluding hydrogens is 386 g/mol. The first kappa shape index (κ1) is 18.9. The quantitative estimate of drug-likeness (QED) is 0.405. The molecule has 148 valence electrons. The SMILES string of the molecule is Cc1ccc2oc(-c3c(Cl)nc(N)nc3N[C@@H]3C[C@H](CO)[C@@H](O)[C@H]3O)cc2n1. The average Bonchev–Trinajstić information content (AvgIpc) is 3.16. The van der Waals surface area contributed by atoms with Crippen LogP contribution in [-0.4, -0.2) is 55.1 Å². The smallest absolute Gasteiger partial charge is 0.223 e. The Hall–Kier alpha value is -2.46. The van der Waals surface area contributed by atoms with Crippen LogP contribution in [0.1, 0.15) is 12.1 Å².